The first-order valence-electron chi connectivity index (χ1n) is 6.87. The highest BCUT2D eigenvalue weighted by Crippen LogP contribution is 2.61. The third-order valence-electron chi connectivity index (χ3n) is 3.46. The van der Waals surface area contributed by atoms with Crippen LogP contribution in [0.5, 0.6) is 0 Å². The van der Waals surface area contributed by atoms with Gasteiger partial charge in [-0.3, -0.25) is 0 Å². The lowest BCUT2D eigenvalue weighted by molar-refractivity contribution is -0.447. The van der Waals surface area contributed by atoms with Crippen molar-refractivity contribution in [2.75, 3.05) is 6.54 Å². The normalized spacial score (nSPS) is 16.6. The van der Waals surface area contributed by atoms with Gasteiger partial charge in [-0.25, -0.2) is 8.42 Å². The highest BCUT2D eigenvalue weighted by Gasteiger charge is 2.92. The minimum atomic E-state index is -8.60. The van der Waals surface area contributed by atoms with Gasteiger partial charge in [-0.05, 0) is 0 Å². The van der Waals surface area contributed by atoms with Crippen LogP contribution in [0.25, 0.3) is 0 Å². The van der Waals surface area contributed by atoms with Gasteiger partial charge in [-0.2, -0.15) is 79.0 Å². The van der Waals surface area contributed by atoms with E-state index in [1.807, 2.05) is 0 Å². The minimum absolute atomic E-state index is 0.297. The second kappa shape index (κ2) is 7.58. The van der Waals surface area contributed by atoms with Crippen LogP contribution in [0.2, 0.25) is 0 Å². The van der Waals surface area contributed by atoms with Crippen LogP contribution >= 0.6 is 0 Å². The topological polar surface area (TPSA) is 37.4 Å². The molecular formula is C10H5F18NO2S. The van der Waals surface area contributed by atoms with Gasteiger partial charge in [-0.1, -0.05) is 6.92 Å². The highest BCUT2D eigenvalue weighted by molar-refractivity contribution is 7.90. The summed E-state index contributed by atoms with van der Waals surface area (Å²) in [5.41, 5.74) is 0. The summed E-state index contributed by atoms with van der Waals surface area (Å²) in [5, 5.41) is -7.47. The molecule has 0 unspecified atom stereocenters. The van der Waals surface area contributed by atoms with E-state index < -0.39 is 68.2 Å². The molecule has 32 heavy (non-hydrogen) atoms. The van der Waals surface area contributed by atoms with E-state index in [1.54, 1.807) is 0 Å². The van der Waals surface area contributed by atoms with Crippen molar-refractivity contribution in [3.8, 4) is 0 Å². The smallest absolute Gasteiger partial charge is 0.205 e. The summed E-state index contributed by atoms with van der Waals surface area (Å²) >= 11 is 0. The molecule has 0 aromatic rings. The molecular weight excluding hydrogens is 540 g/mol. The zero-order chi connectivity index (χ0) is 26.8. The fourth-order valence-corrected chi connectivity index (χ4v) is 3.05. The molecule has 0 bridgehead atoms. The number of rotatable bonds is 8. The quantitative estimate of drug-likeness (QED) is 0.299. The molecule has 3 nitrogen and oxygen atoms in total. The Morgan fingerprint density at radius 3 is 1.09 bits per heavy atom. The molecule has 0 aromatic carbocycles. The average molecular weight is 545 g/mol. The SMILES string of the molecule is CCN(C(F)(F)C(F)(F)C(F)(F)C(F)(F)C(F)(F)C(F)(F)F)S(=O)(=O)C(F)(F)C(F)(F)F. The first-order chi connectivity index (χ1) is 13.4. The summed E-state index contributed by atoms with van der Waals surface area (Å²) in [6.07, 6.45) is -15.2. The molecule has 0 saturated carbocycles. The van der Waals surface area contributed by atoms with Gasteiger partial charge in [0.05, 0.1) is 0 Å². The Balaban J connectivity index is 6.98. The van der Waals surface area contributed by atoms with Crippen molar-refractivity contribution < 1.29 is 87.4 Å². The maximum atomic E-state index is 13.7. The molecule has 0 amide bonds. The lowest BCUT2D eigenvalue weighted by Gasteiger charge is -2.42. The van der Waals surface area contributed by atoms with E-state index in [2.05, 4.69) is 0 Å². The molecule has 0 heterocycles. The summed E-state index contributed by atoms with van der Waals surface area (Å²) in [5.74, 6) is -33.8. The largest absolute Gasteiger partial charge is 0.470 e. The Bertz CT molecular complexity index is 794. The molecule has 0 aliphatic rings. The van der Waals surface area contributed by atoms with Crippen LogP contribution in [0.4, 0.5) is 79.0 Å². The van der Waals surface area contributed by atoms with Gasteiger partial charge in [0.1, 0.15) is 0 Å². The van der Waals surface area contributed by atoms with E-state index in [1.165, 1.54) is 0 Å². The van der Waals surface area contributed by atoms with Gasteiger partial charge in [-0.15, -0.1) is 4.31 Å². The van der Waals surface area contributed by atoms with Crippen LogP contribution in [0.3, 0.4) is 0 Å². The number of alkyl halides is 18. The van der Waals surface area contributed by atoms with Crippen molar-refractivity contribution in [3.63, 3.8) is 0 Å². The fourth-order valence-electron chi connectivity index (χ4n) is 1.72. The van der Waals surface area contributed by atoms with Crippen LogP contribution in [-0.2, 0) is 10.0 Å². The summed E-state index contributed by atoms with van der Waals surface area (Å²) in [4.78, 5) is 0. The lowest BCUT2D eigenvalue weighted by atomic mass is 9.96. The minimum Gasteiger partial charge on any atom is -0.205 e. The van der Waals surface area contributed by atoms with E-state index in [9.17, 15) is 87.4 Å². The third kappa shape index (κ3) is 3.83. The molecule has 0 aliphatic carbocycles. The number of hydrogen-bond acceptors (Lipinski definition) is 2. The van der Waals surface area contributed by atoms with Crippen LogP contribution in [0, 0.1) is 0 Å². The molecule has 0 saturated heterocycles. The van der Waals surface area contributed by atoms with Gasteiger partial charge in [0.2, 0.25) is 0 Å². The molecule has 0 aliphatic heterocycles. The molecule has 0 aromatic heterocycles. The summed E-state index contributed by atoms with van der Waals surface area (Å²) < 4.78 is 250. The van der Waals surface area contributed by atoms with Gasteiger partial charge in [0.25, 0.3) is 10.0 Å². The zero-order valence-electron chi connectivity index (χ0n) is 14.2. The van der Waals surface area contributed by atoms with Gasteiger partial charge in [0.15, 0.2) is 0 Å². The maximum Gasteiger partial charge on any atom is 0.470 e. The predicted octanol–water partition coefficient (Wildman–Crippen LogP) is 5.49. The number of nitrogens with zero attached hydrogens (tertiary/aromatic N) is 1. The first kappa shape index (κ1) is 30.6. The Morgan fingerprint density at radius 2 is 0.844 bits per heavy atom. The van der Waals surface area contributed by atoms with E-state index >= 15 is 0 Å². The van der Waals surface area contributed by atoms with Crippen LogP contribution in [0.1, 0.15) is 6.92 Å². The Labute approximate surface area is 164 Å². The standard InChI is InChI=1S/C10H5F18NO2S/c1-2-29(32(30,31)10(27,28)8(22,23)24)9(25,26)6(17,18)4(13,14)3(11,12)5(15,16)7(19,20)21/h2H2,1H3. The third-order valence-corrected chi connectivity index (χ3v) is 5.41. The number of sulfonamides is 1. The van der Waals surface area contributed by atoms with E-state index in [0.29, 0.717) is 0 Å². The van der Waals surface area contributed by atoms with E-state index in [4.69, 9.17) is 0 Å². The fraction of sp³-hybridized carbons (Fsp3) is 1.00. The number of halogens is 18. The molecule has 0 radical (unpaired) electrons. The first-order valence-corrected chi connectivity index (χ1v) is 8.31. The molecule has 194 valence electrons. The second-order valence-corrected chi connectivity index (χ2v) is 7.42. The summed E-state index contributed by atoms with van der Waals surface area (Å²) in [6, 6.07) is -7.84. The van der Waals surface area contributed by atoms with Crippen LogP contribution in [0.15, 0.2) is 0 Å². The van der Waals surface area contributed by atoms with Gasteiger partial charge in [0, 0.05) is 6.54 Å². The van der Waals surface area contributed by atoms with Crippen molar-refractivity contribution >= 4 is 10.0 Å². The highest BCUT2D eigenvalue weighted by atomic mass is 32.2. The molecule has 0 N–H and O–H groups in total. The van der Waals surface area contributed by atoms with Crippen molar-refractivity contribution in [3.05, 3.63) is 0 Å². The van der Waals surface area contributed by atoms with Crippen molar-refractivity contribution in [2.45, 2.75) is 54.3 Å². The summed E-state index contributed by atoms with van der Waals surface area (Å²) in [6.45, 7) is -3.04. The molecule has 0 atom stereocenters. The zero-order valence-corrected chi connectivity index (χ0v) is 15.0. The van der Waals surface area contributed by atoms with E-state index in [0.717, 1.165) is 0 Å². The molecule has 0 spiro atoms. The lowest BCUT2D eigenvalue weighted by Crippen LogP contribution is -2.73. The Morgan fingerprint density at radius 1 is 0.531 bits per heavy atom. The number of hydrogen-bond donors (Lipinski definition) is 0. The van der Waals surface area contributed by atoms with Gasteiger partial charge >= 0.3 is 47.3 Å². The second-order valence-electron chi connectivity index (χ2n) is 5.52. The molecule has 22 heteroatoms. The molecule has 0 rings (SSSR count). The van der Waals surface area contributed by atoms with Crippen molar-refractivity contribution in [2.24, 2.45) is 0 Å². The van der Waals surface area contributed by atoms with Crippen molar-refractivity contribution in [1.29, 1.82) is 0 Å². The summed E-state index contributed by atoms with van der Waals surface area (Å²) in [7, 11) is -8.26. The van der Waals surface area contributed by atoms with Crippen LogP contribution in [-0.4, -0.2) is 66.6 Å². The maximum absolute atomic E-state index is 13.7. The monoisotopic (exact) mass is 545 g/mol. The van der Waals surface area contributed by atoms with Crippen LogP contribution < -0.4 is 0 Å². The van der Waals surface area contributed by atoms with Crippen molar-refractivity contribution in [1.82, 2.24) is 4.31 Å². The Hall–Kier alpha value is -1.35. The Kier molecular flexibility index (Phi) is 7.26. The molecule has 0 fully saturated rings. The van der Waals surface area contributed by atoms with Gasteiger partial charge < -0.3 is 0 Å². The predicted molar refractivity (Wildman–Crippen MR) is 63.1 cm³/mol. The van der Waals surface area contributed by atoms with E-state index in [-0.39, 0.29) is 6.92 Å². The average Bonchev–Trinajstić information content (AvgIpc) is 2.51.